The molecule has 0 fully saturated rings. The monoisotopic (exact) mass is 502 g/mol. The molecule has 6 aromatic carbocycles. The molecule has 0 saturated carbocycles. The van der Waals surface area contributed by atoms with Crippen molar-refractivity contribution in [1.29, 1.82) is 0 Å². The fourth-order valence-electron chi connectivity index (χ4n) is 5.67. The first-order valence-corrected chi connectivity index (χ1v) is 13.4. The van der Waals surface area contributed by atoms with E-state index in [0.29, 0.717) is 0 Å². The van der Waals surface area contributed by atoms with Gasteiger partial charge >= 0.3 is 0 Å². The second-order valence-electron chi connectivity index (χ2n) is 9.87. The molecule has 0 amide bonds. The molecule has 6 aromatic rings. The number of hydrogen-bond acceptors (Lipinski definition) is 1. The third kappa shape index (κ3) is 4.69. The summed E-state index contributed by atoms with van der Waals surface area (Å²) in [5.41, 5.74) is 7.81. The van der Waals surface area contributed by atoms with Crippen molar-refractivity contribution >= 4 is 0 Å². The fourth-order valence-corrected chi connectivity index (χ4v) is 5.67. The predicted molar refractivity (Wildman–Crippen MR) is 161 cm³/mol. The number of benzene rings is 6. The Labute approximate surface area is 230 Å². The lowest BCUT2D eigenvalue weighted by atomic mass is 9.64. The molecule has 0 spiro atoms. The van der Waals surface area contributed by atoms with Crippen molar-refractivity contribution in [3.05, 3.63) is 192 Å². The minimum absolute atomic E-state index is 0.814. The lowest BCUT2D eigenvalue weighted by Crippen LogP contribution is -2.36. The first kappa shape index (κ1) is 24.6. The van der Waals surface area contributed by atoms with Gasteiger partial charge < -0.3 is 5.11 Å². The first-order chi connectivity index (χ1) is 19.3. The summed E-state index contributed by atoms with van der Waals surface area (Å²) in [4.78, 5) is 0. The van der Waals surface area contributed by atoms with Crippen LogP contribution in [-0.4, -0.2) is 5.11 Å². The van der Waals surface area contributed by atoms with Gasteiger partial charge in [-0.15, -0.1) is 0 Å². The lowest BCUT2D eigenvalue weighted by molar-refractivity contribution is 0.122. The van der Waals surface area contributed by atoms with Gasteiger partial charge in [-0.2, -0.15) is 0 Å². The van der Waals surface area contributed by atoms with E-state index >= 15 is 0 Å². The van der Waals surface area contributed by atoms with Gasteiger partial charge in [0, 0.05) is 0 Å². The van der Waals surface area contributed by atoms with Crippen LogP contribution in [0.25, 0.3) is 22.3 Å². The molecule has 0 heterocycles. The van der Waals surface area contributed by atoms with Crippen LogP contribution in [0.2, 0.25) is 0 Å². The summed E-state index contributed by atoms with van der Waals surface area (Å²) >= 11 is 0. The van der Waals surface area contributed by atoms with Crippen LogP contribution < -0.4 is 0 Å². The van der Waals surface area contributed by atoms with Crippen molar-refractivity contribution < 1.29 is 5.11 Å². The summed E-state index contributed by atoms with van der Waals surface area (Å²) in [6.07, 6.45) is -0.814. The summed E-state index contributed by atoms with van der Waals surface area (Å²) in [6, 6.07) is 58.6. The quantitative estimate of drug-likeness (QED) is 0.216. The minimum Gasteiger partial charge on any atom is -0.387 e. The molecule has 0 saturated heterocycles. The van der Waals surface area contributed by atoms with Crippen molar-refractivity contribution in [2.24, 2.45) is 0 Å². The SMILES string of the molecule is OC(c1ccccc1)C(c1ccccc1)(c1ccc(-c2ccccc2)cc1)c1ccc(-c2ccccc2)cc1. The highest BCUT2D eigenvalue weighted by atomic mass is 16.3. The van der Waals surface area contributed by atoms with E-state index in [1.54, 1.807) is 0 Å². The number of aliphatic hydroxyl groups is 1. The predicted octanol–water partition coefficient (Wildman–Crippen LogP) is 9.09. The molecule has 0 aliphatic carbocycles. The Balaban J connectivity index is 1.57. The Kier molecular flexibility index (Phi) is 6.91. The fraction of sp³-hybridized carbons (Fsp3) is 0.0526. The summed E-state index contributed by atoms with van der Waals surface area (Å²) in [6.45, 7) is 0. The Bertz CT molecular complexity index is 1520. The molecule has 1 atom stereocenters. The van der Waals surface area contributed by atoms with E-state index in [1.165, 1.54) is 11.1 Å². The zero-order chi connectivity index (χ0) is 26.5. The van der Waals surface area contributed by atoms with E-state index in [4.69, 9.17) is 0 Å². The van der Waals surface area contributed by atoms with Crippen LogP contribution >= 0.6 is 0 Å². The largest absolute Gasteiger partial charge is 0.387 e. The van der Waals surface area contributed by atoms with Gasteiger partial charge in [-0.1, -0.05) is 170 Å². The zero-order valence-corrected chi connectivity index (χ0v) is 21.7. The smallest absolute Gasteiger partial charge is 0.0968 e. The third-order valence-corrected chi connectivity index (χ3v) is 7.65. The van der Waals surface area contributed by atoms with Crippen molar-refractivity contribution in [3.63, 3.8) is 0 Å². The van der Waals surface area contributed by atoms with Crippen LogP contribution in [0, 0.1) is 0 Å². The molecule has 0 aromatic heterocycles. The minimum atomic E-state index is -0.826. The maximum atomic E-state index is 12.4. The van der Waals surface area contributed by atoms with Crippen LogP contribution in [-0.2, 0) is 5.41 Å². The van der Waals surface area contributed by atoms with Crippen LogP contribution in [0.4, 0.5) is 0 Å². The van der Waals surface area contributed by atoms with Gasteiger partial charge in [0.1, 0.15) is 0 Å². The van der Waals surface area contributed by atoms with Crippen molar-refractivity contribution in [3.8, 4) is 22.3 Å². The summed E-state index contributed by atoms with van der Waals surface area (Å²) in [5, 5.41) is 12.4. The second kappa shape index (κ2) is 10.9. The van der Waals surface area contributed by atoms with Crippen LogP contribution in [0.1, 0.15) is 28.4 Å². The number of rotatable bonds is 7. The average Bonchev–Trinajstić information content (AvgIpc) is 3.04. The van der Waals surface area contributed by atoms with Crippen LogP contribution in [0.3, 0.4) is 0 Å². The average molecular weight is 503 g/mol. The van der Waals surface area contributed by atoms with Gasteiger partial charge in [-0.25, -0.2) is 0 Å². The molecular formula is C38H30O. The van der Waals surface area contributed by atoms with E-state index in [9.17, 15) is 5.11 Å². The maximum Gasteiger partial charge on any atom is 0.0968 e. The van der Waals surface area contributed by atoms with Crippen molar-refractivity contribution in [2.75, 3.05) is 0 Å². The maximum absolute atomic E-state index is 12.4. The van der Waals surface area contributed by atoms with E-state index in [2.05, 4.69) is 121 Å². The highest BCUT2D eigenvalue weighted by molar-refractivity contribution is 5.67. The molecular weight excluding hydrogens is 472 g/mol. The summed E-state index contributed by atoms with van der Waals surface area (Å²) in [5.74, 6) is 0. The first-order valence-electron chi connectivity index (χ1n) is 13.4. The van der Waals surface area contributed by atoms with Crippen LogP contribution in [0.15, 0.2) is 170 Å². The van der Waals surface area contributed by atoms with E-state index < -0.39 is 11.5 Å². The Morgan fingerprint density at radius 1 is 0.333 bits per heavy atom. The summed E-state index contributed by atoms with van der Waals surface area (Å²) < 4.78 is 0. The van der Waals surface area contributed by atoms with Crippen LogP contribution in [0.5, 0.6) is 0 Å². The topological polar surface area (TPSA) is 20.2 Å². The van der Waals surface area contributed by atoms with Gasteiger partial charge in [-0.05, 0) is 44.5 Å². The van der Waals surface area contributed by atoms with Crippen molar-refractivity contribution in [1.82, 2.24) is 0 Å². The number of aliphatic hydroxyl groups excluding tert-OH is 1. The molecule has 1 N–H and O–H groups in total. The van der Waals surface area contributed by atoms with Gasteiger partial charge in [0.25, 0.3) is 0 Å². The molecule has 1 heteroatoms. The molecule has 0 radical (unpaired) electrons. The Hall–Kier alpha value is -4.72. The molecule has 188 valence electrons. The van der Waals surface area contributed by atoms with Gasteiger partial charge in [0.05, 0.1) is 11.5 Å². The van der Waals surface area contributed by atoms with Gasteiger partial charge in [0.2, 0.25) is 0 Å². The standard InChI is InChI=1S/C38H30O/c39-37(33-17-9-3-10-18-33)38(34-19-11-4-12-20-34,35-25-21-31(22-26-35)29-13-5-1-6-14-29)36-27-23-32(24-28-36)30-15-7-2-8-16-30/h1-28,37,39H. The van der Waals surface area contributed by atoms with Crippen molar-refractivity contribution in [2.45, 2.75) is 11.5 Å². The molecule has 1 unspecified atom stereocenters. The van der Waals surface area contributed by atoms with Gasteiger partial charge in [-0.3, -0.25) is 0 Å². The molecule has 0 bridgehead atoms. The van der Waals surface area contributed by atoms with Gasteiger partial charge in [0.15, 0.2) is 0 Å². The number of hydrogen-bond donors (Lipinski definition) is 1. The summed E-state index contributed by atoms with van der Waals surface area (Å²) in [7, 11) is 0. The van der Waals surface area contributed by atoms with E-state index in [0.717, 1.165) is 33.4 Å². The molecule has 39 heavy (non-hydrogen) atoms. The zero-order valence-electron chi connectivity index (χ0n) is 21.7. The highest BCUT2D eigenvalue weighted by Gasteiger charge is 2.44. The molecule has 6 rings (SSSR count). The highest BCUT2D eigenvalue weighted by Crippen LogP contribution is 2.49. The lowest BCUT2D eigenvalue weighted by Gasteiger charge is -2.40. The molecule has 1 nitrogen and oxygen atoms in total. The third-order valence-electron chi connectivity index (χ3n) is 7.65. The second-order valence-corrected chi connectivity index (χ2v) is 9.87. The normalized spacial score (nSPS) is 12.1. The molecule has 0 aliphatic heterocycles. The van der Waals surface area contributed by atoms with E-state index in [1.807, 2.05) is 48.5 Å². The molecule has 0 aliphatic rings. The Morgan fingerprint density at radius 3 is 1.05 bits per heavy atom. The Morgan fingerprint density at radius 2 is 0.641 bits per heavy atom. The van der Waals surface area contributed by atoms with E-state index in [-0.39, 0.29) is 0 Å².